The molecule has 0 saturated heterocycles. The van der Waals surface area contributed by atoms with E-state index in [9.17, 15) is 18.4 Å². The van der Waals surface area contributed by atoms with Gasteiger partial charge >= 0.3 is 11.9 Å². The number of carbonyl (C=O) groups excluding carboxylic acids is 2. The molecule has 0 saturated carbocycles. The molecule has 4 rings (SSSR count). The van der Waals surface area contributed by atoms with Crippen molar-refractivity contribution in [3.63, 3.8) is 0 Å². The highest BCUT2D eigenvalue weighted by Gasteiger charge is 2.32. The smallest absolute Gasteiger partial charge is 0.357 e. The average molecular weight is 513 g/mol. The normalized spacial score (nSPS) is 10.7. The highest BCUT2D eigenvalue weighted by molar-refractivity contribution is 6.31. The largest absolute Gasteiger partial charge is 0.488 e. The summed E-state index contributed by atoms with van der Waals surface area (Å²) in [5.74, 6) is -2.96. The number of halogens is 3. The first-order chi connectivity index (χ1) is 17.3. The number of hydrogen-bond acceptors (Lipinski definition) is 6. The van der Waals surface area contributed by atoms with E-state index in [-0.39, 0.29) is 40.4 Å². The molecule has 36 heavy (non-hydrogen) atoms. The first-order valence-corrected chi connectivity index (χ1v) is 10.9. The third-order valence-electron chi connectivity index (χ3n) is 5.17. The van der Waals surface area contributed by atoms with Crippen LogP contribution in [-0.2, 0) is 16.1 Å². The zero-order chi connectivity index (χ0) is 25.8. The van der Waals surface area contributed by atoms with Gasteiger partial charge in [-0.25, -0.2) is 23.1 Å². The molecule has 0 atom stereocenters. The van der Waals surface area contributed by atoms with Crippen LogP contribution in [0.15, 0.2) is 66.7 Å². The van der Waals surface area contributed by atoms with Crippen LogP contribution in [0.3, 0.4) is 0 Å². The second-order valence-electron chi connectivity index (χ2n) is 7.51. The van der Waals surface area contributed by atoms with E-state index in [1.165, 1.54) is 31.0 Å². The third-order valence-corrected chi connectivity index (χ3v) is 5.40. The molecule has 184 valence electrons. The van der Waals surface area contributed by atoms with Crippen LogP contribution in [0.4, 0.5) is 8.78 Å². The lowest BCUT2D eigenvalue weighted by Crippen LogP contribution is -2.15. The Labute approximate surface area is 209 Å². The molecule has 0 aliphatic carbocycles. The Morgan fingerprint density at radius 3 is 2.22 bits per heavy atom. The Bertz CT molecular complexity index is 1420. The molecule has 0 radical (unpaired) electrons. The summed E-state index contributed by atoms with van der Waals surface area (Å²) < 4.78 is 44.2. The maximum absolute atomic E-state index is 13.6. The Hall–Kier alpha value is -4.24. The van der Waals surface area contributed by atoms with Crippen molar-refractivity contribution in [1.29, 1.82) is 0 Å². The van der Waals surface area contributed by atoms with Crippen LogP contribution in [0.25, 0.3) is 16.9 Å². The highest BCUT2D eigenvalue weighted by atomic mass is 35.5. The highest BCUT2D eigenvalue weighted by Crippen LogP contribution is 2.37. The molecule has 4 aromatic rings. The average Bonchev–Trinajstić information content (AvgIpc) is 3.27. The summed E-state index contributed by atoms with van der Waals surface area (Å²) in [6, 6.07) is 16.2. The van der Waals surface area contributed by atoms with E-state index in [1.807, 2.05) is 0 Å². The van der Waals surface area contributed by atoms with Gasteiger partial charge in [0.25, 0.3) is 0 Å². The van der Waals surface area contributed by atoms with E-state index in [2.05, 4.69) is 5.10 Å². The predicted octanol–water partition coefficient (Wildman–Crippen LogP) is 5.62. The lowest BCUT2D eigenvalue weighted by atomic mass is 10.0. The van der Waals surface area contributed by atoms with Gasteiger partial charge in [-0.3, -0.25) is 0 Å². The fraction of sp³-hybridized carbons (Fsp3) is 0.115. The van der Waals surface area contributed by atoms with Gasteiger partial charge in [0.2, 0.25) is 0 Å². The van der Waals surface area contributed by atoms with E-state index in [0.717, 1.165) is 18.2 Å². The molecule has 1 aromatic heterocycles. The van der Waals surface area contributed by atoms with E-state index in [1.54, 1.807) is 36.4 Å². The van der Waals surface area contributed by atoms with Gasteiger partial charge in [-0.2, -0.15) is 5.10 Å². The lowest BCUT2D eigenvalue weighted by Gasteiger charge is -2.12. The number of benzene rings is 3. The van der Waals surface area contributed by atoms with Crippen LogP contribution in [0.2, 0.25) is 5.02 Å². The molecule has 10 heteroatoms. The summed E-state index contributed by atoms with van der Waals surface area (Å²) in [6.07, 6.45) is 0. The maximum atomic E-state index is 13.6. The first-order valence-electron chi connectivity index (χ1n) is 10.5. The number of carbonyl (C=O) groups is 2. The van der Waals surface area contributed by atoms with Gasteiger partial charge in [0, 0.05) is 16.7 Å². The topological polar surface area (TPSA) is 79.7 Å². The van der Waals surface area contributed by atoms with Gasteiger partial charge in [0.1, 0.15) is 35.2 Å². The maximum Gasteiger partial charge on any atom is 0.357 e. The zero-order valence-corrected chi connectivity index (χ0v) is 19.9. The summed E-state index contributed by atoms with van der Waals surface area (Å²) in [5.41, 5.74) is 0.676. The summed E-state index contributed by atoms with van der Waals surface area (Å²) in [7, 11) is 2.35. The molecule has 3 aromatic carbocycles. The monoisotopic (exact) mass is 512 g/mol. The molecule has 7 nitrogen and oxygen atoms in total. The number of ether oxygens (including phenoxy) is 3. The fourth-order valence-electron chi connectivity index (χ4n) is 3.61. The minimum absolute atomic E-state index is 0.0361. The van der Waals surface area contributed by atoms with Gasteiger partial charge in [-0.15, -0.1) is 0 Å². The molecule has 1 heterocycles. The molecule has 0 aliphatic rings. The quantitative estimate of drug-likeness (QED) is 0.299. The van der Waals surface area contributed by atoms with Crippen molar-refractivity contribution in [3.8, 4) is 22.7 Å². The van der Waals surface area contributed by atoms with Crippen molar-refractivity contribution in [2.24, 2.45) is 0 Å². The van der Waals surface area contributed by atoms with Crippen molar-refractivity contribution in [3.05, 3.63) is 100 Å². The van der Waals surface area contributed by atoms with Crippen LogP contribution in [0.5, 0.6) is 5.75 Å². The SMILES string of the molecule is COC(=O)c1c(-c2cc(Cl)ccc2OCc2cc(F)cc(F)c2)nn(-c2ccccc2)c1C(=O)OC. The second kappa shape index (κ2) is 10.6. The molecule has 0 aliphatic heterocycles. The fourth-order valence-corrected chi connectivity index (χ4v) is 3.78. The number of esters is 2. The standard InChI is InChI=1S/C26H19ClF2N2O5/c1-34-25(32)22-23(30-31(24(22)26(33)35-2)19-6-4-3-5-7-19)20-12-16(27)8-9-21(20)36-14-15-10-17(28)13-18(29)11-15/h3-13H,14H2,1-2H3. The molecular weight excluding hydrogens is 494 g/mol. The first kappa shape index (κ1) is 24.9. The van der Waals surface area contributed by atoms with E-state index in [4.69, 9.17) is 25.8 Å². The van der Waals surface area contributed by atoms with Crippen molar-refractivity contribution in [2.45, 2.75) is 6.61 Å². The number of rotatable bonds is 7. The van der Waals surface area contributed by atoms with E-state index >= 15 is 0 Å². The molecule has 0 fully saturated rings. The third kappa shape index (κ3) is 5.06. The van der Waals surface area contributed by atoms with E-state index in [0.29, 0.717) is 10.7 Å². The molecule has 0 unspecified atom stereocenters. The van der Waals surface area contributed by atoms with Crippen LogP contribution >= 0.6 is 11.6 Å². The summed E-state index contributed by atoms with van der Waals surface area (Å²) in [6.45, 7) is -0.194. The molecule has 0 spiro atoms. The Morgan fingerprint density at radius 2 is 1.58 bits per heavy atom. The number of para-hydroxylation sites is 1. The Balaban J connectivity index is 1.90. The van der Waals surface area contributed by atoms with Crippen LogP contribution < -0.4 is 4.74 Å². The van der Waals surface area contributed by atoms with Gasteiger partial charge in [0.15, 0.2) is 5.69 Å². The number of nitrogens with zero attached hydrogens (tertiary/aromatic N) is 2. The lowest BCUT2D eigenvalue weighted by molar-refractivity contribution is 0.0549. The zero-order valence-electron chi connectivity index (χ0n) is 19.1. The Morgan fingerprint density at radius 1 is 0.917 bits per heavy atom. The van der Waals surface area contributed by atoms with Gasteiger partial charge in [-0.1, -0.05) is 29.8 Å². The van der Waals surface area contributed by atoms with Crippen LogP contribution in [0.1, 0.15) is 26.4 Å². The molecule has 0 amide bonds. The van der Waals surface area contributed by atoms with Gasteiger partial charge in [-0.05, 0) is 48.0 Å². The van der Waals surface area contributed by atoms with Crippen molar-refractivity contribution >= 4 is 23.5 Å². The van der Waals surface area contributed by atoms with Gasteiger partial charge < -0.3 is 14.2 Å². The summed E-state index contributed by atoms with van der Waals surface area (Å²) in [5, 5.41) is 4.82. The van der Waals surface area contributed by atoms with Crippen LogP contribution in [0, 0.1) is 11.6 Å². The molecule has 0 N–H and O–H groups in total. The van der Waals surface area contributed by atoms with Crippen molar-refractivity contribution in [2.75, 3.05) is 14.2 Å². The van der Waals surface area contributed by atoms with E-state index < -0.39 is 23.6 Å². The minimum Gasteiger partial charge on any atom is -0.488 e. The Kier molecular flexibility index (Phi) is 7.30. The summed E-state index contributed by atoms with van der Waals surface area (Å²) in [4.78, 5) is 25.7. The van der Waals surface area contributed by atoms with Crippen molar-refractivity contribution in [1.82, 2.24) is 9.78 Å². The number of aromatic nitrogens is 2. The number of methoxy groups -OCH3 is 2. The molecule has 0 bridgehead atoms. The summed E-state index contributed by atoms with van der Waals surface area (Å²) >= 11 is 6.25. The molecular formula is C26H19ClF2N2O5. The van der Waals surface area contributed by atoms with Crippen LogP contribution in [-0.4, -0.2) is 35.9 Å². The second-order valence-corrected chi connectivity index (χ2v) is 7.95. The predicted molar refractivity (Wildman–Crippen MR) is 127 cm³/mol. The minimum atomic E-state index is -0.842. The van der Waals surface area contributed by atoms with Crippen molar-refractivity contribution < 1.29 is 32.6 Å². The van der Waals surface area contributed by atoms with Gasteiger partial charge in [0.05, 0.1) is 19.9 Å². The number of hydrogen-bond donors (Lipinski definition) is 0.